The molecule has 0 aliphatic heterocycles. The Kier molecular flexibility index (Phi) is 4.98. The van der Waals surface area contributed by atoms with Gasteiger partial charge in [0.15, 0.2) is 0 Å². The fraction of sp³-hybridized carbons (Fsp3) is 0.0556. The minimum absolute atomic E-state index is 0.0312. The van der Waals surface area contributed by atoms with Gasteiger partial charge < -0.3 is 0 Å². The fourth-order valence-corrected chi connectivity index (χ4v) is 3.29. The molecule has 2 aromatic carbocycles. The van der Waals surface area contributed by atoms with Crippen LogP contribution in [0.5, 0.6) is 0 Å². The summed E-state index contributed by atoms with van der Waals surface area (Å²) in [7, 11) is -3.82. The molecule has 0 amide bonds. The molecule has 3 aromatic rings. The number of benzene rings is 2. The van der Waals surface area contributed by atoms with Gasteiger partial charge in [-0.15, -0.1) is 0 Å². The molecule has 1 aromatic heterocycles. The van der Waals surface area contributed by atoms with Gasteiger partial charge in [-0.2, -0.15) is 15.6 Å². The molecule has 0 aliphatic carbocycles. The summed E-state index contributed by atoms with van der Waals surface area (Å²) in [6, 6.07) is 16.8. The number of rotatable bonds is 4. The number of halogens is 1. The third-order valence-electron chi connectivity index (χ3n) is 3.87. The first kappa shape index (κ1) is 18.6. The van der Waals surface area contributed by atoms with Crippen molar-refractivity contribution in [1.82, 2.24) is 9.78 Å². The molecule has 0 radical (unpaired) electrons. The lowest BCUT2D eigenvalue weighted by atomic mass is 9.99. The second-order valence-corrected chi connectivity index (χ2v) is 7.57. The van der Waals surface area contributed by atoms with Gasteiger partial charge in [0.25, 0.3) is 0 Å². The Bertz CT molecular complexity index is 1180. The van der Waals surface area contributed by atoms with Crippen LogP contribution in [-0.4, -0.2) is 18.2 Å². The van der Waals surface area contributed by atoms with Crippen molar-refractivity contribution >= 4 is 21.6 Å². The van der Waals surface area contributed by atoms with Gasteiger partial charge in [0.05, 0.1) is 11.0 Å². The number of nitrogens with two attached hydrogens (primary N) is 1. The van der Waals surface area contributed by atoms with Crippen LogP contribution < -0.4 is 5.14 Å². The molecule has 0 saturated heterocycles. The number of primary sulfonamides is 1. The Morgan fingerprint density at radius 3 is 2.15 bits per heavy atom. The van der Waals surface area contributed by atoms with Gasteiger partial charge in [-0.25, -0.2) is 18.2 Å². The van der Waals surface area contributed by atoms with Gasteiger partial charge in [-0.05, 0) is 29.8 Å². The summed E-state index contributed by atoms with van der Waals surface area (Å²) >= 11 is 5.95. The van der Waals surface area contributed by atoms with Crippen LogP contribution in [0.3, 0.4) is 0 Å². The van der Waals surface area contributed by atoms with Crippen molar-refractivity contribution in [1.29, 1.82) is 10.5 Å². The van der Waals surface area contributed by atoms with Crippen LogP contribution in [0.15, 0.2) is 53.4 Å². The summed E-state index contributed by atoms with van der Waals surface area (Å²) in [6.45, 7) is -0.0985. The molecule has 27 heavy (non-hydrogen) atoms. The number of sulfonamides is 1. The Morgan fingerprint density at radius 1 is 1.04 bits per heavy atom. The molecule has 1 heterocycles. The van der Waals surface area contributed by atoms with Gasteiger partial charge in [0.2, 0.25) is 10.0 Å². The third kappa shape index (κ3) is 3.69. The number of hydrogen-bond acceptors (Lipinski definition) is 5. The summed E-state index contributed by atoms with van der Waals surface area (Å²) in [5, 5.41) is 28.7. The summed E-state index contributed by atoms with van der Waals surface area (Å²) < 4.78 is 24.2. The molecule has 0 bridgehead atoms. The first-order valence-electron chi connectivity index (χ1n) is 7.62. The normalized spacial score (nSPS) is 11.0. The topological polar surface area (TPSA) is 126 Å². The lowest BCUT2D eigenvalue weighted by Gasteiger charge is -2.05. The molecular weight excluding hydrogens is 386 g/mol. The maximum Gasteiger partial charge on any atom is 0.238 e. The number of nitriles is 2. The second kappa shape index (κ2) is 7.22. The van der Waals surface area contributed by atoms with Crippen LogP contribution >= 0.6 is 11.6 Å². The highest BCUT2D eigenvalue weighted by Crippen LogP contribution is 2.35. The maximum absolute atomic E-state index is 11.5. The standard InChI is InChI=1S/C18H12ClN5O2S/c19-14-5-1-12(2-6-14)17-16(11-21)24(10-9-20)23-18(17)13-3-7-15(8-4-13)27(22,25)26/h1-8H,10H2,(H2,22,25,26). The Labute approximate surface area is 160 Å². The zero-order chi connectivity index (χ0) is 19.6. The first-order valence-corrected chi connectivity index (χ1v) is 9.54. The molecule has 0 spiro atoms. The highest BCUT2D eigenvalue weighted by molar-refractivity contribution is 7.89. The number of aromatic nitrogens is 2. The summed E-state index contributed by atoms with van der Waals surface area (Å²) in [4.78, 5) is -0.0312. The zero-order valence-corrected chi connectivity index (χ0v) is 15.4. The molecule has 0 aliphatic rings. The van der Waals surface area contributed by atoms with E-state index in [0.29, 0.717) is 27.4 Å². The van der Waals surface area contributed by atoms with E-state index in [1.54, 1.807) is 36.4 Å². The van der Waals surface area contributed by atoms with E-state index in [1.807, 2.05) is 6.07 Å². The van der Waals surface area contributed by atoms with Crippen molar-refractivity contribution in [2.75, 3.05) is 0 Å². The predicted octanol–water partition coefficient (Wildman–Crippen LogP) is 2.91. The van der Waals surface area contributed by atoms with Crippen molar-refractivity contribution < 1.29 is 8.42 Å². The molecule has 2 N–H and O–H groups in total. The molecule has 3 rings (SSSR count). The van der Waals surface area contributed by atoms with Crippen LogP contribution in [-0.2, 0) is 16.6 Å². The minimum Gasteiger partial charge on any atom is -0.239 e. The van der Waals surface area contributed by atoms with Crippen LogP contribution in [0.2, 0.25) is 5.02 Å². The van der Waals surface area contributed by atoms with Gasteiger partial charge in [0, 0.05) is 16.1 Å². The summed E-state index contributed by atoms with van der Waals surface area (Å²) in [5.74, 6) is 0. The smallest absolute Gasteiger partial charge is 0.238 e. The summed E-state index contributed by atoms with van der Waals surface area (Å²) in [6.07, 6.45) is 0. The number of nitrogens with zero attached hydrogens (tertiary/aromatic N) is 4. The minimum atomic E-state index is -3.82. The van der Waals surface area contributed by atoms with E-state index in [0.717, 1.165) is 0 Å². The molecule has 0 saturated carbocycles. The Balaban J connectivity index is 2.24. The number of hydrogen-bond donors (Lipinski definition) is 1. The molecule has 0 fully saturated rings. The molecular formula is C18H12ClN5O2S. The average molecular weight is 398 g/mol. The van der Waals surface area contributed by atoms with Gasteiger partial charge in [-0.3, -0.25) is 0 Å². The quantitative estimate of drug-likeness (QED) is 0.724. The molecule has 0 unspecified atom stereocenters. The van der Waals surface area contributed by atoms with Gasteiger partial charge >= 0.3 is 0 Å². The van der Waals surface area contributed by atoms with Gasteiger partial charge in [-0.1, -0.05) is 35.9 Å². The van der Waals surface area contributed by atoms with E-state index in [4.69, 9.17) is 22.0 Å². The summed E-state index contributed by atoms with van der Waals surface area (Å²) in [5.41, 5.74) is 2.49. The lowest BCUT2D eigenvalue weighted by molar-refractivity contribution is 0.598. The van der Waals surface area contributed by atoms with Crippen molar-refractivity contribution in [2.24, 2.45) is 5.14 Å². The van der Waals surface area contributed by atoms with Crippen LogP contribution in [0.1, 0.15) is 5.69 Å². The first-order chi connectivity index (χ1) is 12.8. The van der Waals surface area contributed by atoms with Crippen molar-refractivity contribution in [3.05, 3.63) is 59.2 Å². The lowest BCUT2D eigenvalue weighted by Crippen LogP contribution is -2.11. The van der Waals surface area contributed by atoms with Crippen molar-refractivity contribution in [3.63, 3.8) is 0 Å². The highest BCUT2D eigenvalue weighted by atomic mass is 35.5. The van der Waals surface area contributed by atoms with Crippen molar-refractivity contribution in [3.8, 4) is 34.5 Å². The zero-order valence-electron chi connectivity index (χ0n) is 13.8. The van der Waals surface area contributed by atoms with E-state index in [2.05, 4.69) is 11.2 Å². The van der Waals surface area contributed by atoms with Crippen LogP contribution in [0.4, 0.5) is 0 Å². The second-order valence-electron chi connectivity index (χ2n) is 5.58. The average Bonchev–Trinajstić information content (AvgIpc) is 3.00. The maximum atomic E-state index is 11.5. The predicted molar refractivity (Wildman–Crippen MR) is 99.8 cm³/mol. The third-order valence-corrected chi connectivity index (χ3v) is 5.05. The molecule has 9 heteroatoms. The van der Waals surface area contributed by atoms with E-state index < -0.39 is 10.0 Å². The SMILES string of the molecule is N#CCn1nc(-c2ccc(S(N)(=O)=O)cc2)c(-c2ccc(Cl)cc2)c1C#N. The largest absolute Gasteiger partial charge is 0.239 e. The van der Waals surface area contributed by atoms with E-state index in [1.165, 1.54) is 16.8 Å². The Morgan fingerprint density at radius 2 is 1.63 bits per heavy atom. The van der Waals surface area contributed by atoms with Crippen LogP contribution in [0, 0.1) is 22.7 Å². The molecule has 134 valence electrons. The van der Waals surface area contributed by atoms with Crippen LogP contribution in [0.25, 0.3) is 22.4 Å². The van der Waals surface area contributed by atoms with E-state index in [-0.39, 0.29) is 17.1 Å². The monoisotopic (exact) mass is 397 g/mol. The van der Waals surface area contributed by atoms with Gasteiger partial charge in [0.1, 0.15) is 24.0 Å². The Hall–Kier alpha value is -3.17. The molecule has 0 atom stereocenters. The van der Waals surface area contributed by atoms with Crippen molar-refractivity contribution in [2.45, 2.75) is 11.4 Å². The molecule has 7 nitrogen and oxygen atoms in total. The highest BCUT2D eigenvalue weighted by Gasteiger charge is 2.21. The fourth-order valence-electron chi connectivity index (χ4n) is 2.65. The van der Waals surface area contributed by atoms with E-state index in [9.17, 15) is 13.7 Å². The van der Waals surface area contributed by atoms with E-state index >= 15 is 0 Å².